The van der Waals surface area contributed by atoms with Crippen LogP contribution in [-0.4, -0.2) is 40.8 Å². The number of nitrogens with two attached hydrogens (primary N) is 1. The minimum Gasteiger partial charge on any atom is -0.409 e. The number of oxime groups is 1. The van der Waals surface area contributed by atoms with Gasteiger partial charge in [0.05, 0.1) is 11.7 Å². The lowest BCUT2D eigenvalue weighted by Crippen LogP contribution is -2.30. The Bertz CT molecular complexity index is 418. The van der Waals surface area contributed by atoms with Crippen LogP contribution in [0.4, 0.5) is 5.82 Å². The molecule has 1 atom stereocenters. The maximum atomic E-state index is 9.36. The fraction of sp³-hybridized carbons (Fsp3) is 0.455. The van der Waals surface area contributed by atoms with Crippen molar-refractivity contribution in [2.45, 2.75) is 20.0 Å². The Kier molecular flexibility index (Phi) is 4.28. The van der Waals surface area contributed by atoms with Crippen molar-refractivity contribution in [2.24, 2.45) is 10.9 Å². The van der Waals surface area contributed by atoms with Gasteiger partial charge in [-0.15, -0.1) is 0 Å². The molecule has 1 aromatic heterocycles. The van der Waals surface area contributed by atoms with Crippen LogP contribution >= 0.6 is 0 Å². The maximum Gasteiger partial charge on any atom is 0.174 e. The zero-order chi connectivity index (χ0) is 13.0. The molecule has 6 heteroatoms. The van der Waals surface area contributed by atoms with Crippen LogP contribution in [-0.2, 0) is 0 Å². The molecule has 0 amide bonds. The Morgan fingerprint density at radius 2 is 2.29 bits per heavy atom. The van der Waals surface area contributed by atoms with Crippen molar-refractivity contribution in [1.29, 1.82) is 0 Å². The van der Waals surface area contributed by atoms with E-state index < -0.39 is 6.10 Å². The summed E-state index contributed by atoms with van der Waals surface area (Å²) in [6, 6.07) is 1.78. The molecule has 1 aromatic rings. The molecule has 0 aliphatic heterocycles. The zero-order valence-corrected chi connectivity index (χ0v) is 10.3. The lowest BCUT2D eigenvalue weighted by atomic mass is 10.1. The lowest BCUT2D eigenvalue weighted by molar-refractivity contribution is 0.201. The first kappa shape index (κ1) is 13.2. The van der Waals surface area contributed by atoms with Crippen LogP contribution in [0.25, 0.3) is 0 Å². The Morgan fingerprint density at radius 1 is 1.65 bits per heavy atom. The summed E-state index contributed by atoms with van der Waals surface area (Å²) in [7, 11) is 1.79. The summed E-state index contributed by atoms with van der Waals surface area (Å²) in [5.41, 5.74) is 7.08. The largest absolute Gasteiger partial charge is 0.409 e. The highest BCUT2D eigenvalue weighted by Crippen LogP contribution is 2.19. The highest BCUT2D eigenvalue weighted by atomic mass is 16.4. The first-order valence-electron chi connectivity index (χ1n) is 5.30. The summed E-state index contributed by atoms with van der Waals surface area (Å²) < 4.78 is 0. The minimum absolute atomic E-state index is 0.0167. The van der Waals surface area contributed by atoms with Gasteiger partial charge in [0.15, 0.2) is 5.84 Å². The third-order valence-corrected chi connectivity index (χ3v) is 2.40. The van der Waals surface area contributed by atoms with Crippen molar-refractivity contribution in [3.63, 3.8) is 0 Å². The van der Waals surface area contributed by atoms with Crippen molar-refractivity contribution < 1.29 is 10.3 Å². The fourth-order valence-corrected chi connectivity index (χ4v) is 1.68. The molecule has 0 saturated heterocycles. The first-order chi connectivity index (χ1) is 7.97. The molecule has 0 fully saturated rings. The highest BCUT2D eigenvalue weighted by molar-refractivity contribution is 6.02. The molecular weight excluding hydrogens is 220 g/mol. The second kappa shape index (κ2) is 5.49. The second-order valence-corrected chi connectivity index (χ2v) is 4.04. The number of aliphatic hydroxyl groups excluding tert-OH is 1. The van der Waals surface area contributed by atoms with Crippen LogP contribution in [0.1, 0.15) is 18.1 Å². The summed E-state index contributed by atoms with van der Waals surface area (Å²) in [6.45, 7) is 3.96. The molecule has 4 N–H and O–H groups in total. The van der Waals surface area contributed by atoms with Gasteiger partial charge < -0.3 is 20.9 Å². The molecule has 0 bridgehead atoms. The maximum absolute atomic E-state index is 9.36. The van der Waals surface area contributed by atoms with E-state index in [4.69, 9.17) is 10.9 Å². The predicted molar refractivity (Wildman–Crippen MR) is 66.4 cm³/mol. The van der Waals surface area contributed by atoms with E-state index in [0.717, 1.165) is 5.56 Å². The normalized spacial score (nSPS) is 13.5. The third-order valence-electron chi connectivity index (χ3n) is 2.40. The van der Waals surface area contributed by atoms with E-state index >= 15 is 0 Å². The van der Waals surface area contributed by atoms with E-state index in [1.807, 2.05) is 6.92 Å². The molecule has 0 aliphatic carbocycles. The van der Waals surface area contributed by atoms with Gasteiger partial charge in [0, 0.05) is 19.8 Å². The Balaban J connectivity index is 3.19. The van der Waals surface area contributed by atoms with Crippen molar-refractivity contribution >= 4 is 11.7 Å². The number of nitrogens with zero attached hydrogens (tertiary/aromatic N) is 3. The molecule has 17 heavy (non-hydrogen) atoms. The SMILES string of the molecule is Cc1ccnc(N(C)CC(C)O)c1/C(N)=N/O. The van der Waals surface area contributed by atoms with E-state index in [2.05, 4.69) is 10.1 Å². The van der Waals surface area contributed by atoms with Gasteiger partial charge in [-0.2, -0.15) is 0 Å². The monoisotopic (exact) mass is 238 g/mol. The Morgan fingerprint density at radius 3 is 2.82 bits per heavy atom. The summed E-state index contributed by atoms with van der Waals surface area (Å²) in [6.07, 6.45) is 1.17. The van der Waals surface area contributed by atoms with Gasteiger partial charge in [-0.05, 0) is 25.5 Å². The Labute approximate surface area is 100 Å². The fourth-order valence-electron chi connectivity index (χ4n) is 1.68. The van der Waals surface area contributed by atoms with E-state index in [1.54, 1.807) is 31.1 Å². The van der Waals surface area contributed by atoms with Crippen LogP contribution in [0, 0.1) is 6.92 Å². The molecule has 0 radical (unpaired) electrons. The number of likely N-dealkylation sites (N-methyl/N-ethyl adjacent to an activating group) is 1. The summed E-state index contributed by atoms with van der Waals surface area (Å²) in [5, 5.41) is 21.1. The third kappa shape index (κ3) is 3.07. The van der Waals surface area contributed by atoms with Crippen molar-refractivity contribution in [3.05, 3.63) is 23.4 Å². The number of anilines is 1. The number of aliphatic hydroxyl groups is 1. The van der Waals surface area contributed by atoms with Gasteiger partial charge in [-0.3, -0.25) is 0 Å². The zero-order valence-electron chi connectivity index (χ0n) is 10.3. The van der Waals surface area contributed by atoms with Crippen molar-refractivity contribution in [1.82, 2.24) is 4.98 Å². The number of amidine groups is 1. The topological polar surface area (TPSA) is 95.0 Å². The van der Waals surface area contributed by atoms with Gasteiger partial charge in [-0.25, -0.2) is 4.98 Å². The number of aryl methyl sites for hydroxylation is 1. The molecule has 1 rings (SSSR count). The number of rotatable bonds is 4. The summed E-state index contributed by atoms with van der Waals surface area (Å²) in [4.78, 5) is 5.97. The number of hydrogen-bond acceptors (Lipinski definition) is 5. The van der Waals surface area contributed by atoms with Gasteiger partial charge in [0.1, 0.15) is 5.82 Å². The van der Waals surface area contributed by atoms with Crippen LogP contribution in [0.3, 0.4) is 0 Å². The minimum atomic E-state index is -0.484. The Hall–Kier alpha value is -1.82. The van der Waals surface area contributed by atoms with Crippen LogP contribution in [0.15, 0.2) is 17.4 Å². The smallest absolute Gasteiger partial charge is 0.174 e. The second-order valence-electron chi connectivity index (χ2n) is 4.04. The molecular formula is C11H18N4O2. The highest BCUT2D eigenvalue weighted by Gasteiger charge is 2.16. The van der Waals surface area contributed by atoms with Gasteiger partial charge in [0.25, 0.3) is 0 Å². The average molecular weight is 238 g/mol. The van der Waals surface area contributed by atoms with Crippen molar-refractivity contribution in [2.75, 3.05) is 18.5 Å². The van der Waals surface area contributed by atoms with E-state index in [0.29, 0.717) is 17.9 Å². The molecule has 1 unspecified atom stereocenters. The summed E-state index contributed by atoms with van der Waals surface area (Å²) >= 11 is 0. The quantitative estimate of drug-likeness (QED) is 0.303. The molecule has 1 heterocycles. The van der Waals surface area contributed by atoms with Crippen molar-refractivity contribution in [3.8, 4) is 0 Å². The number of hydrogen-bond donors (Lipinski definition) is 3. The molecule has 0 aromatic carbocycles. The average Bonchev–Trinajstić information content (AvgIpc) is 2.26. The van der Waals surface area contributed by atoms with E-state index in [9.17, 15) is 5.11 Å². The molecule has 6 nitrogen and oxygen atoms in total. The molecule has 0 saturated carbocycles. The van der Waals surface area contributed by atoms with Crippen LogP contribution < -0.4 is 10.6 Å². The standard InChI is InChI=1S/C11H18N4O2/c1-7-4-5-13-11(9(7)10(12)14-17)15(3)6-8(2)16/h4-5,8,16-17H,6H2,1-3H3,(H2,12,14). The first-order valence-corrected chi connectivity index (χ1v) is 5.30. The molecule has 0 aliphatic rings. The van der Waals surface area contributed by atoms with Gasteiger partial charge in [-0.1, -0.05) is 5.16 Å². The number of pyridine rings is 1. The predicted octanol–water partition coefficient (Wildman–Crippen LogP) is 0.302. The summed E-state index contributed by atoms with van der Waals surface area (Å²) in [5.74, 6) is 0.601. The van der Waals surface area contributed by atoms with Gasteiger partial charge in [0.2, 0.25) is 0 Å². The lowest BCUT2D eigenvalue weighted by Gasteiger charge is -2.22. The number of aromatic nitrogens is 1. The molecule has 94 valence electrons. The van der Waals surface area contributed by atoms with Gasteiger partial charge >= 0.3 is 0 Å². The van der Waals surface area contributed by atoms with Crippen LogP contribution in [0.2, 0.25) is 0 Å². The van der Waals surface area contributed by atoms with Crippen LogP contribution in [0.5, 0.6) is 0 Å². The van der Waals surface area contributed by atoms with E-state index in [-0.39, 0.29) is 5.84 Å². The van der Waals surface area contributed by atoms with E-state index in [1.165, 1.54) is 0 Å². The molecule has 0 spiro atoms.